The van der Waals surface area contributed by atoms with Crippen molar-refractivity contribution in [3.05, 3.63) is 287 Å². The minimum absolute atomic E-state index is 1.30. The van der Waals surface area contributed by atoms with Crippen molar-refractivity contribution in [2.45, 2.75) is 173 Å². The monoisotopic (exact) mass is 1310 g/mol. The van der Waals surface area contributed by atoms with E-state index in [1.807, 2.05) is 111 Å². The summed E-state index contributed by atoms with van der Waals surface area (Å²) in [4.78, 5) is 0. The van der Waals surface area contributed by atoms with E-state index >= 15 is 0 Å². The lowest BCUT2D eigenvalue weighted by molar-refractivity contribution is 1.01. The predicted molar refractivity (Wildman–Crippen MR) is 457 cm³/mol. The van der Waals surface area contributed by atoms with Gasteiger partial charge in [0.25, 0.3) is 0 Å². The summed E-state index contributed by atoms with van der Waals surface area (Å²) in [5.41, 5.74) is 14.8. The van der Waals surface area contributed by atoms with Gasteiger partial charge in [0, 0.05) is 28.9 Å². The molecule has 0 aliphatic carbocycles. The zero-order valence-electron chi connectivity index (χ0n) is 65.5. The van der Waals surface area contributed by atoms with Gasteiger partial charge in [0.05, 0.1) is 0 Å². The number of para-hydroxylation sites is 1. The van der Waals surface area contributed by atoms with Crippen LogP contribution in [0.2, 0.25) is 0 Å². The highest BCUT2D eigenvalue weighted by molar-refractivity contribution is 6.25. The molecule has 0 bridgehead atoms. The van der Waals surface area contributed by atoms with Gasteiger partial charge in [0.2, 0.25) is 0 Å². The maximum Gasteiger partial charge on any atom is 0.0488 e. The Bertz CT molecular complexity index is 5070. The maximum absolute atomic E-state index is 2.31. The fraction of sp³-hybridized carbons (Fsp3) is 0.265. The molecule has 1 nitrogen and oxygen atoms in total. The van der Waals surface area contributed by atoms with Gasteiger partial charge in [-0.2, -0.15) is 0 Å². The van der Waals surface area contributed by atoms with Crippen LogP contribution in [0.1, 0.15) is 161 Å². The summed E-state index contributed by atoms with van der Waals surface area (Å²) in [7, 11) is 2.12. The number of nitrogens with zero attached hydrogens (tertiary/aromatic N) is 1. The van der Waals surface area contributed by atoms with Gasteiger partial charge < -0.3 is 4.57 Å². The molecule has 99 heavy (non-hydrogen) atoms. The Morgan fingerprint density at radius 3 is 0.980 bits per heavy atom. The Hall–Kier alpha value is -9.56. The first kappa shape index (κ1) is 80.1. The number of hydrogen-bond donors (Lipinski definition) is 0. The fourth-order valence-electron chi connectivity index (χ4n) is 13.4. The van der Waals surface area contributed by atoms with Crippen molar-refractivity contribution in [2.24, 2.45) is 7.05 Å². The van der Waals surface area contributed by atoms with Gasteiger partial charge in [0.1, 0.15) is 0 Å². The first-order chi connectivity index (χ1) is 48.3. The van der Waals surface area contributed by atoms with E-state index in [1.54, 1.807) is 0 Å². The molecule has 1 heterocycles. The molecule has 0 fully saturated rings. The molecule has 0 aliphatic heterocycles. The van der Waals surface area contributed by atoms with E-state index in [1.165, 1.54) is 180 Å². The van der Waals surface area contributed by atoms with E-state index in [2.05, 4.69) is 311 Å². The van der Waals surface area contributed by atoms with Crippen LogP contribution >= 0.6 is 0 Å². The Morgan fingerprint density at radius 2 is 0.495 bits per heavy atom. The molecule has 17 rings (SSSR count). The Labute approximate surface area is 597 Å². The standard InChI is InChI=1S/2C18H14.2C16H14.C14H13N.8C2H6/c1-11-9-13-5-4-8-16-12(2)10-14-6-3-7-15(11)17(14)18(13)16;1-11-3-5-13-8-10-16-12(2)4-6-14-7-9-15(11)17(13)18(14)16;1-11-6-5-9-15-12(2)14-8-4-3-7-13(14)10-16(11)15;1-11-7-8-12(2)16-10-14-6-4-3-5-13(14)9-15(11)16;1-10-7-8-14-12(9-10)11-5-3-4-6-13(11)15(14)2;8*1-2/h2*3-10H,1-2H3;2*3-10H,1-2H3;3-9H,1-2H3;8*1-2H3. The number of fused-ring (bicyclic) bond motifs is 7. The molecular weight excluding hydrogens is 1190 g/mol. The van der Waals surface area contributed by atoms with Crippen molar-refractivity contribution in [1.29, 1.82) is 0 Å². The van der Waals surface area contributed by atoms with E-state index < -0.39 is 0 Å². The average molecular weight is 1310 g/mol. The van der Waals surface area contributed by atoms with Crippen molar-refractivity contribution < 1.29 is 0 Å². The molecule has 514 valence electrons. The van der Waals surface area contributed by atoms with E-state index in [0.29, 0.717) is 0 Å². The third kappa shape index (κ3) is 17.3. The third-order valence-electron chi connectivity index (χ3n) is 17.9. The first-order valence-corrected chi connectivity index (χ1v) is 37.3. The van der Waals surface area contributed by atoms with Crippen molar-refractivity contribution in [1.82, 2.24) is 4.57 Å². The SMILES string of the molecule is CC.CC.CC.CC.CC.CC.CC.CC.Cc1cc2cccc3c(C)cc4cccc1c4c23.Cc1ccc(C)c2cc3ccccc3cc12.Cc1ccc2c(c1)c1ccccc1n2C.Cc1ccc2ccc3c(C)ccc4ccc1c2c43.Cc1cccc2c(C)c3ccccc3cc12. The number of aryl methyl sites for hydroxylation is 10. The lowest BCUT2D eigenvalue weighted by atomic mass is 9.90. The molecule has 1 heteroatoms. The maximum atomic E-state index is 2.31. The molecule has 0 amide bonds. The third-order valence-corrected chi connectivity index (χ3v) is 17.9. The second-order valence-corrected chi connectivity index (χ2v) is 23.3. The molecule has 17 aromatic rings. The van der Waals surface area contributed by atoms with Crippen molar-refractivity contribution >= 4 is 130 Å². The van der Waals surface area contributed by atoms with Crippen molar-refractivity contribution in [3.8, 4) is 0 Å². The summed E-state index contributed by atoms with van der Waals surface area (Å²) >= 11 is 0. The number of hydrogen-bond acceptors (Lipinski definition) is 0. The summed E-state index contributed by atoms with van der Waals surface area (Å²) in [6, 6.07) is 85.9. The molecule has 0 saturated carbocycles. The predicted octanol–water partition coefficient (Wildman–Crippen LogP) is 31.5. The Balaban J connectivity index is 0.000000212. The van der Waals surface area contributed by atoms with Crippen LogP contribution in [-0.2, 0) is 7.05 Å². The van der Waals surface area contributed by atoms with Crippen molar-refractivity contribution in [2.75, 3.05) is 0 Å². The van der Waals surface area contributed by atoms with Gasteiger partial charge in [0.15, 0.2) is 0 Å². The van der Waals surface area contributed by atoms with Gasteiger partial charge in [-0.1, -0.05) is 317 Å². The molecule has 0 N–H and O–H groups in total. The van der Waals surface area contributed by atoms with Crippen LogP contribution < -0.4 is 0 Å². The second kappa shape index (κ2) is 39.1. The van der Waals surface area contributed by atoms with Gasteiger partial charge in [-0.3, -0.25) is 0 Å². The van der Waals surface area contributed by atoms with Gasteiger partial charge in [-0.05, 0) is 251 Å². The van der Waals surface area contributed by atoms with Crippen molar-refractivity contribution in [3.63, 3.8) is 0 Å². The Kier molecular flexibility index (Phi) is 31.7. The van der Waals surface area contributed by atoms with Gasteiger partial charge in [-0.15, -0.1) is 0 Å². The highest BCUT2D eigenvalue weighted by Gasteiger charge is 2.14. The average Bonchev–Trinajstić information content (AvgIpc) is 1.04. The van der Waals surface area contributed by atoms with Crippen LogP contribution in [0.3, 0.4) is 0 Å². The minimum Gasteiger partial charge on any atom is -0.344 e. The normalized spacial score (nSPS) is 10.1. The molecule has 16 aromatic carbocycles. The quantitative estimate of drug-likeness (QED) is 0.105. The summed E-state index contributed by atoms with van der Waals surface area (Å²) in [6.07, 6.45) is 0. The minimum atomic E-state index is 1.30. The van der Waals surface area contributed by atoms with Crippen LogP contribution in [0.25, 0.3) is 130 Å². The zero-order chi connectivity index (χ0) is 73.2. The molecule has 0 saturated heterocycles. The molecule has 0 radical (unpaired) electrons. The summed E-state index contributed by atoms with van der Waals surface area (Å²) in [5.74, 6) is 0. The fourth-order valence-corrected chi connectivity index (χ4v) is 13.4. The molecule has 1 aromatic heterocycles. The summed E-state index contributed by atoms with van der Waals surface area (Å²) < 4.78 is 2.25. The van der Waals surface area contributed by atoms with E-state index in [4.69, 9.17) is 0 Å². The summed E-state index contributed by atoms with van der Waals surface area (Å²) in [6.45, 7) is 51.7. The zero-order valence-corrected chi connectivity index (χ0v) is 65.5. The van der Waals surface area contributed by atoms with Crippen LogP contribution in [0.5, 0.6) is 0 Å². The summed E-state index contributed by atoms with van der Waals surface area (Å²) in [5, 5.41) is 30.2. The number of benzene rings is 16. The van der Waals surface area contributed by atoms with E-state index in [-0.39, 0.29) is 0 Å². The lowest BCUT2D eigenvalue weighted by Gasteiger charge is -2.14. The molecular formula is C98H117N. The van der Waals surface area contributed by atoms with Crippen LogP contribution in [0, 0.1) is 62.3 Å². The molecule has 0 aliphatic rings. The molecule has 0 spiro atoms. The largest absolute Gasteiger partial charge is 0.344 e. The van der Waals surface area contributed by atoms with Gasteiger partial charge in [-0.25, -0.2) is 0 Å². The number of aromatic nitrogens is 1. The van der Waals surface area contributed by atoms with Crippen LogP contribution in [0.15, 0.2) is 237 Å². The topological polar surface area (TPSA) is 4.93 Å². The first-order valence-electron chi connectivity index (χ1n) is 37.3. The number of rotatable bonds is 0. The van der Waals surface area contributed by atoms with E-state index in [0.717, 1.165) is 0 Å². The van der Waals surface area contributed by atoms with Gasteiger partial charge >= 0.3 is 0 Å². The lowest BCUT2D eigenvalue weighted by Crippen LogP contribution is -1.88. The van der Waals surface area contributed by atoms with Crippen LogP contribution in [-0.4, -0.2) is 4.57 Å². The Morgan fingerprint density at radius 1 is 0.182 bits per heavy atom. The molecule has 0 unspecified atom stereocenters. The smallest absolute Gasteiger partial charge is 0.0488 e. The highest BCUT2D eigenvalue weighted by Crippen LogP contribution is 2.40. The van der Waals surface area contributed by atoms with E-state index in [9.17, 15) is 0 Å². The highest BCUT2D eigenvalue weighted by atomic mass is 14.9. The van der Waals surface area contributed by atoms with Crippen LogP contribution in [0.4, 0.5) is 0 Å². The molecule has 0 atom stereocenters. The second-order valence-electron chi connectivity index (χ2n) is 23.3.